The molecule has 2 heterocycles. The first kappa shape index (κ1) is 26.6. The van der Waals surface area contributed by atoms with E-state index in [0.29, 0.717) is 26.2 Å². The number of hydrogen-bond donors (Lipinski definition) is 2. The highest BCUT2D eigenvalue weighted by molar-refractivity contribution is 6.30. The summed E-state index contributed by atoms with van der Waals surface area (Å²) in [6.07, 6.45) is -4.60. The number of hydrogen-bond acceptors (Lipinski definition) is 6. The summed E-state index contributed by atoms with van der Waals surface area (Å²) in [4.78, 5) is 45.3. The third kappa shape index (κ3) is 5.44. The second kappa shape index (κ2) is 10.1. The number of benzene rings is 2. The van der Waals surface area contributed by atoms with Gasteiger partial charge in [-0.3, -0.25) is 9.36 Å². The molecule has 0 aliphatic rings. The minimum Gasteiger partial charge on any atom is -0.481 e. The number of aromatic nitrogens is 4. The van der Waals surface area contributed by atoms with E-state index in [-0.39, 0.29) is 23.7 Å². The number of nitrogens with one attached hydrogen (secondary N) is 1. The lowest BCUT2D eigenvalue weighted by atomic mass is 10.1. The van der Waals surface area contributed by atoms with Crippen LogP contribution in [0.4, 0.5) is 24.8 Å². The molecule has 0 radical (unpaired) electrons. The monoisotopic (exact) mass is 545 g/mol. The van der Waals surface area contributed by atoms with Crippen LogP contribution in [-0.2, 0) is 17.5 Å². The van der Waals surface area contributed by atoms with Gasteiger partial charge in [-0.25, -0.2) is 19.1 Å². The Kier molecular flexibility index (Phi) is 7.09. The molecule has 0 spiro atoms. The number of carboxylic acids is 1. The number of halogens is 4. The Hall–Kier alpha value is -4.45. The summed E-state index contributed by atoms with van der Waals surface area (Å²) in [5.74, 6) is -2.72. The van der Waals surface area contributed by atoms with Crippen LogP contribution in [-0.4, -0.2) is 30.2 Å². The number of anilines is 2. The minimum absolute atomic E-state index is 0.0789. The van der Waals surface area contributed by atoms with E-state index in [1.165, 1.54) is 31.2 Å². The van der Waals surface area contributed by atoms with E-state index >= 15 is 0 Å². The van der Waals surface area contributed by atoms with Gasteiger partial charge in [0, 0.05) is 21.8 Å². The van der Waals surface area contributed by atoms with Crippen LogP contribution in [0.3, 0.4) is 0 Å². The maximum atomic E-state index is 13.4. The van der Waals surface area contributed by atoms with Gasteiger partial charge in [0.15, 0.2) is 0 Å². The first-order chi connectivity index (χ1) is 17.8. The van der Waals surface area contributed by atoms with Gasteiger partial charge in [0.1, 0.15) is 5.69 Å². The summed E-state index contributed by atoms with van der Waals surface area (Å²) in [7, 11) is 0. The van der Waals surface area contributed by atoms with Crippen molar-refractivity contribution in [2.24, 2.45) is 5.92 Å². The summed E-state index contributed by atoms with van der Waals surface area (Å²) in [6.45, 7) is 4.80. The van der Waals surface area contributed by atoms with Crippen LogP contribution in [0, 0.1) is 5.92 Å². The number of rotatable bonds is 7. The third-order valence-electron chi connectivity index (χ3n) is 5.72. The van der Waals surface area contributed by atoms with E-state index in [4.69, 9.17) is 11.6 Å². The Labute approximate surface area is 217 Å². The van der Waals surface area contributed by atoms with Gasteiger partial charge in [-0.2, -0.15) is 18.2 Å². The van der Waals surface area contributed by atoms with Gasteiger partial charge in [0.05, 0.1) is 18.0 Å². The number of aliphatic carboxylic acids is 1. The molecule has 0 amide bonds. The van der Waals surface area contributed by atoms with E-state index in [1.807, 2.05) is 0 Å². The lowest BCUT2D eigenvalue weighted by Gasteiger charge is -2.18. The molecule has 13 heteroatoms. The van der Waals surface area contributed by atoms with Crippen molar-refractivity contribution in [3.63, 3.8) is 0 Å². The molecule has 2 aromatic heterocycles. The number of fused-ring (bicyclic) bond motifs is 1. The predicted octanol–water partition coefficient (Wildman–Crippen LogP) is 4.61. The first-order valence-corrected chi connectivity index (χ1v) is 11.4. The van der Waals surface area contributed by atoms with Crippen LogP contribution in [0.1, 0.15) is 18.2 Å². The van der Waals surface area contributed by atoms with Gasteiger partial charge in [-0.05, 0) is 48.9 Å². The molecule has 2 aromatic carbocycles. The second-order valence-corrected chi connectivity index (χ2v) is 8.76. The highest BCUT2D eigenvalue weighted by atomic mass is 35.5. The standard InChI is InChI=1S/C25H19ClF3N5O4/c1-13(21(35)36)14(2)34-23(37)32-22(33(24(34)38)12-15-3-6-17(26)7-4-15)30-18-8-9-19-16(11-18)5-10-20(31-19)25(27,28)29/h3-11,13H,2,12H2,1H3,(H,35,36)(H,30,32,37)/t13-/m1/s1. The van der Waals surface area contributed by atoms with Gasteiger partial charge in [-0.1, -0.05) is 36.4 Å². The number of nitrogens with zero attached hydrogens (tertiary/aromatic N) is 4. The summed E-state index contributed by atoms with van der Waals surface area (Å²) < 4.78 is 40.7. The van der Waals surface area contributed by atoms with Crippen LogP contribution in [0.25, 0.3) is 16.6 Å². The quantitative estimate of drug-likeness (QED) is 0.348. The number of carbonyl (C=O) groups is 1. The Morgan fingerprint density at radius 3 is 2.42 bits per heavy atom. The Morgan fingerprint density at radius 1 is 1.11 bits per heavy atom. The van der Waals surface area contributed by atoms with Crippen molar-refractivity contribution in [2.45, 2.75) is 19.6 Å². The Morgan fingerprint density at radius 2 is 1.79 bits per heavy atom. The lowest BCUT2D eigenvalue weighted by molar-refractivity contribution is -0.141. The molecule has 2 N–H and O–H groups in total. The molecule has 196 valence electrons. The van der Waals surface area contributed by atoms with Crippen molar-refractivity contribution >= 4 is 45.8 Å². The van der Waals surface area contributed by atoms with Crippen molar-refractivity contribution in [2.75, 3.05) is 5.32 Å². The molecule has 0 saturated heterocycles. The predicted molar refractivity (Wildman–Crippen MR) is 135 cm³/mol. The molecule has 0 saturated carbocycles. The smallest absolute Gasteiger partial charge is 0.433 e. The second-order valence-electron chi connectivity index (χ2n) is 8.33. The van der Waals surface area contributed by atoms with E-state index in [9.17, 15) is 32.7 Å². The average molecular weight is 546 g/mol. The molecule has 4 aromatic rings. The Balaban J connectivity index is 1.81. The van der Waals surface area contributed by atoms with Gasteiger partial charge in [0.25, 0.3) is 0 Å². The molecule has 9 nitrogen and oxygen atoms in total. The van der Waals surface area contributed by atoms with Crippen molar-refractivity contribution in [1.82, 2.24) is 19.1 Å². The van der Waals surface area contributed by atoms with Gasteiger partial charge < -0.3 is 10.4 Å². The highest BCUT2D eigenvalue weighted by Gasteiger charge is 2.32. The Bertz CT molecular complexity index is 1680. The highest BCUT2D eigenvalue weighted by Crippen LogP contribution is 2.30. The zero-order chi connectivity index (χ0) is 27.8. The molecule has 0 fully saturated rings. The molecule has 4 rings (SSSR count). The fourth-order valence-electron chi connectivity index (χ4n) is 3.58. The number of carboxylic acid groups (broad SMARTS) is 1. The normalized spacial score (nSPS) is 12.3. The maximum Gasteiger partial charge on any atom is 0.433 e. The summed E-state index contributed by atoms with van der Waals surface area (Å²) in [6, 6.07) is 12.9. The van der Waals surface area contributed by atoms with Crippen LogP contribution >= 0.6 is 11.6 Å². The van der Waals surface area contributed by atoms with Gasteiger partial charge in [0.2, 0.25) is 5.95 Å². The molecule has 0 bridgehead atoms. The largest absolute Gasteiger partial charge is 0.481 e. The van der Waals surface area contributed by atoms with Gasteiger partial charge >= 0.3 is 23.5 Å². The summed E-state index contributed by atoms with van der Waals surface area (Å²) >= 11 is 5.95. The average Bonchev–Trinajstić information content (AvgIpc) is 2.85. The molecule has 38 heavy (non-hydrogen) atoms. The first-order valence-electron chi connectivity index (χ1n) is 11.0. The molecule has 0 unspecified atom stereocenters. The van der Waals surface area contributed by atoms with E-state index in [0.717, 1.165) is 10.6 Å². The summed E-state index contributed by atoms with van der Waals surface area (Å²) in [5, 5.41) is 13.0. The lowest BCUT2D eigenvalue weighted by Crippen LogP contribution is -2.43. The van der Waals surface area contributed by atoms with Crippen LogP contribution < -0.4 is 16.7 Å². The number of alkyl halides is 3. The zero-order valence-corrected chi connectivity index (χ0v) is 20.4. The fraction of sp³-hybridized carbons (Fsp3) is 0.160. The van der Waals surface area contributed by atoms with Crippen molar-refractivity contribution in [1.29, 1.82) is 0 Å². The molecule has 1 atom stereocenters. The molecule has 0 aliphatic carbocycles. The molecular weight excluding hydrogens is 527 g/mol. The third-order valence-corrected chi connectivity index (χ3v) is 5.97. The topological polar surface area (TPSA) is 119 Å². The van der Waals surface area contributed by atoms with Crippen molar-refractivity contribution in [3.05, 3.63) is 98.4 Å². The van der Waals surface area contributed by atoms with Gasteiger partial charge in [-0.15, -0.1) is 0 Å². The SMILES string of the molecule is C=C([C@@H](C)C(=O)O)n1c(=O)nc(Nc2ccc3nc(C(F)(F)F)ccc3c2)n(Cc2ccc(Cl)cc2)c1=O. The fourth-order valence-corrected chi connectivity index (χ4v) is 3.70. The van der Waals surface area contributed by atoms with Crippen molar-refractivity contribution < 1.29 is 23.1 Å². The molecular formula is C25H19ClF3N5O4. The van der Waals surface area contributed by atoms with Crippen molar-refractivity contribution in [3.8, 4) is 0 Å². The maximum absolute atomic E-state index is 13.4. The van der Waals surface area contributed by atoms with Crippen LogP contribution in [0.2, 0.25) is 5.02 Å². The van der Waals surface area contributed by atoms with Crippen LogP contribution in [0.5, 0.6) is 0 Å². The van der Waals surface area contributed by atoms with E-state index in [1.54, 1.807) is 24.3 Å². The van der Waals surface area contributed by atoms with Crippen LogP contribution in [0.15, 0.2) is 70.8 Å². The minimum atomic E-state index is -4.60. The molecule has 0 aliphatic heterocycles. The van der Waals surface area contributed by atoms with E-state index < -0.39 is 35.1 Å². The zero-order valence-electron chi connectivity index (χ0n) is 19.7. The van der Waals surface area contributed by atoms with E-state index in [2.05, 4.69) is 21.9 Å². The summed E-state index contributed by atoms with van der Waals surface area (Å²) in [5.41, 5.74) is -2.24. The number of pyridine rings is 1.